The van der Waals surface area contributed by atoms with Crippen molar-refractivity contribution in [1.29, 1.82) is 0 Å². The van der Waals surface area contributed by atoms with E-state index in [1.54, 1.807) is 39.1 Å². The lowest BCUT2D eigenvalue weighted by Gasteiger charge is -2.19. The van der Waals surface area contributed by atoms with Gasteiger partial charge in [0, 0.05) is 14.1 Å². The lowest BCUT2D eigenvalue weighted by Crippen LogP contribution is -2.30. The molecule has 0 spiro atoms. The van der Waals surface area contributed by atoms with Gasteiger partial charge in [0.25, 0.3) is 5.91 Å². The van der Waals surface area contributed by atoms with Crippen molar-refractivity contribution in [3.63, 3.8) is 0 Å². The Morgan fingerprint density at radius 2 is 1.93 bits per heavy atom. The van der Waals surface area contributed by atoms with Gasteiger partial charge in [-0.25, -0.2) is 9.18 Å². The van der Waals surface area contributed by atoms with E-state index in [4.69, 9.17) is 4.74 Å². The van der Waals surface area contributed by atoms with Gasteiger partial charge in [0.1, 0.15) is 10.8 Å². The van der Waals surface area contributed by atoms with E-state index in [9.17, 15) is 18.8 Å². The summed E-state index contributed by atoms with van der Waals surface area (Å²) in [4.78, 5) is 38.6. The Kier molecular flexibility index (Phi) is 7.11. The molecule has 1 aromatic heterocycles. The number of ether oxygens (including phenoxy) is 1. The van der Waals surface area contributed by atoms with Gasteiger partial charge in [0.05, 0.1) is 29.3 Å². The minimum Gasteiger partial charge on any atom is -0.462 e. The lowest BCUT2D eigenvalue weighted by atomic mass is 10.1. The van der Waals surface area contributed by atoms with Crippen molar-refractivity contribution in [1.82, 2.24) is 5.32 Å². The van der Waals surface area contributed by atoms with Gasteiger partial charge in [-0.05, 0) is 31.5 Å². The molecule has 0 unspecified atom stereocenters. The minimum absolute atomic E-state index is 0.143. The van der Waals surface area contributed by atoms with Crippen LogP contribution in [0.2, 0.25) is 0 Å². The van der Waals surface area contributed by atoms with E-state index >= 15 is 0 Å². The first-order valence-electron chi connectivity index (χ1n) is 8.58. The van der Waals surface area contributed by atoms with E-state index < -0.39 is 17.7 Å². The third-order valence-corrected chi connectivity index (χ3v) is 5.16. The molecule has 150 valence electrons. The average molecular weight is 407 g/mol. The maximum absolute atomic E-state index is 13.9. The molecule has 0 fully saturated rings. The topological polar surface area (TPSA) is 87.7 Å². The number of nitrogens with one attached hydrogen (secondary N) is 2. The Morgan fingerprint density at radius 3 is 2.54 bits per heavy atom. The second-order valence-corrected chi connectivity index (χ2v) is 6.94. The highest BCUT2D eigenvalue weighted by Gasteiger charge is 2.26. The summed E-state index contributed by atoms with van der Waals surface area (Å²) in [5, 5.41) is 5.37. The number of hydrogen-bond donors (Lipinski definition) is 2. The monoisotopic (exact) mass is 407 g/mol. The molecule has 2 N–H and O–H groups in total. The van der Waals surface area contributed by atoms with Crippen LogP contribution in [0.5, 0.6) is 0 Å². The van der Waals surface area contributed by atoms with Crippen LogP contribution in [0, 0.1) is 12.7 Å². The summed E-state index contributed by atoms with van der Waals surface area (Å²) < 4.78 is 18.9. The number of para-hydroxylation sites is 1. The lowest BCUT2D eigenvalue weighted by molar-refractivity contribution is -0.114. The smallest absolute Gasteiger partial charge is 0.341 e. The Balaban J connectivity index is 2.26. The first-order chi connectivity index (χ1) is 13.3. The quantitative estimate of drug-likeness (QED) is 0.689. The molecular formula is C19H22FN3O4S. The molecule has 0 aliphatic rings. The molecule has 0 atom stereocenters. The predicted molar refractivity (Wildman–Crippen MR) is 107 cm³/mol. The van der Waals surface area contributed by atoms with Crippen LogP contribution in [-0.4, -0.2) is 45.0 Å². The zero-order chi connectivity index (χ0) is 20.8. The number of carbonyl (C=O) groups excluding carboxylic acids is 3. The van der Waals surface area contributed by atoms with Crippen LogP contribution in [0.15, 0.2) is 24.3 Å². The van der Waals surface area contributed by atoms with Crippen LogP contribution >= 0.6 is 11.3 Å². The fourth-order valence-electron chi connectivity index (χ4n) is 2.61. The Morgan fingerprint density at radius 1 is 1.25 bits per heavy atom. The third-order valence-electron chi connectivity index (χ3n) is 3.96. The SMILES string of the molecule is CCOC(=O)c1c(NC(=O)CN(C)c2ccccc2F)sc(C(=O)NC)c1C. The molecule has 7 nitrogen and oxygen atoms in total. The van der Waals surface area contributed by atoms with Crippen molar-refractivity contribution in [3.8, 4) is 0 Å². The fraction of sp³-hybridized carbons (Fsp3) is 0.316. The number of amides is 2. The van der Waals surface area contributed by atoms with E-state index in [-0.39, 0.29) is 35.3 Å². The number of benzene rings is 1. The maximum atomic E-state index is 13.9. The zero-order valence-corrected chi connectivity index (χ0v) is 16.9. The number of halogens is 1. The number of carbonyl (C=O) groups is 3. The average Bonchev–Trinajstić information content (AvgIpc) is 2.97. The number of rotatable bonds is 7. The summed E-state index contributed by atoms with van der Waals surface area (Å²) >= 11 is 0.990. The van der Waals surface area contributed by atoms with Gasteiger partial charge >= 0.3 is 5.97 Å². The Labute approximate surface area is 166 Å². The highest BCUT2D eigenvalue weighted by Crippen LogP contribution is 2.33. The summed E-state index contributed by atoms with van der Waals surface area (Å²) in [6.07, 6.45) is 0. The van der Waals surface area contributed by atoms with Gasteiger partial charge in [-0.1, -0.05) is 12.1 Å². The van der Waals surface area contributed by atoms with Crippen molar-refractivity contribution in [2.45, 2.75) is 13.8 Å². The second-order valence-electron chi connectivity index (χ2n) is 5.92. The standard InChI is InChI=1S/C19H22FN3O4S/c1-5-27-19(26)15-11(2)16(17(25)21-3)28-18(15)22-14(24)10-23(4)13-9-7-6-8-12(13)20/h6-9H,5,10H2,1-4H3,(H,21,25)(H,22,24). The molecule has 2 aromatic rings. The summed E-state index contributed by atoms with van der Waals surface area (Å²) in [5.41, 5.74) is 0.851. The molecule has 0 radical (unpaired) electrons. The van der Waals surface area contributed by atoms with E-state index in [0.717, 1.165) is 11.3 Å². The summed E-state index contributed by atoms with van der Waals surface area (Å²) in [5.74, 6) is -1.89. The fourth-order valence-corrected chi connectivity index (χ4v) is 3.77. The molecule has 9 heteroatoms. The molecule has 0 bridgehead atoms. The van der Waals surface area contributed by atoms with Gasteiger partial charge in [0.2, 0.25) is 5.91 Å². The van der Waals surface area contributed by atoms with Gasteiger partial charge in [-0.15, -0.1) is 11.3 Å². The normalized spacial score (nSPS) is 10.3. The van der Waals surface area contributed by atoms with Crippen LogP contribution < -0.4 is 15.5 Å². The van der Waals surface area contributed by atoms with Crippen molar-refractivity contribution >= 4 is 39.8 Å². The van der Waals surface area contributed by atoms with Crippen LogP contribution in [0.25, 0.3) is 0 Å². The van der Waals surface area contributed by atoms with E-state index in [2.05, 4.69) is 10.6 Å². The maximum Gasteiger partial charge on any atom is 0.341 e. The first kappa shape index (κ1) is 21.4. The summed E-state index contributed by atoms with van der Waals surface area (Å²) in [6.45, 7) is 3.30. The summed E-state index contributed by atoms with van der Waals surface area (Å²) in [6, 6.07) is 6.10. The summed E-state index contributed by atoms with van der Waals surface area (Å²) in [7, 11) is 3.06. The largest absolute Gasteiger partial charge is 0.462 e. The van der Waals surface area contributed by atoms with Crippen molar-refractivity contribution in [2.75, 3.05) is 37.5 Å². The van der Waals surface area contributed by atoms with Gasteiger partial charge in [-0.3, -0.25) is 9.59 Å². The first-order valence-corrected chi connectivity index (χ1v) is 9.39. The molecule has 28 heavy (non-hydrogen) atoms. The second kappa shape index (κ2) is 9.32. The number of anilines is 2. The molecule has 0 saturated heterocycles. The highest BCUT2D eigenvalue weighted by atomic mass is 32.1. The van der Waals surface area contributed by atoms with Gasteiger partial charge < -0.3 is 20.3 Å². The predicted octanol–water partition coefficient (Wildman–Crippen LogP) is 2.81. The molecule has 2 amide bonds. The highest BCUT2D eigenvalue weighted by molar-refractivity contribution is 7.18. The molecule has 1 heterocycles. The molecule has 2 rings (SSSR count). The molecular weight excluding hydrogens is 385 g/mol. The van der Waals surface area contributed by atoms with E-state index in [1.807, 2.05) is 0 Å². The van der Waals surface area contributed by atoms with Crippen molar-refractivity contribution in [2.24, 2.45) is 0 Å². The van der Waals surface area contributed by atoms with Crippen molar-refractivity contribution < 1.29 is 23.5 Å². The van der Waals surface area contributed by atoms with Crippen LogP contribution in [0.4, 0.5) is 15.1 Å². The molecule has 0 aliphatic carbocycles. The van der Waals surface area contributed by atoms with Gasteiger partial charge in [-0.2, -0.15) is 0 Å². The number of likely N-dealkylation sites (N-methyl/N-ethyl adjacent to an activating group) is 1. The number of nitrogens with zero attached hydrogens (tertiary/aromatic N) is 1. The van der Waals surface area contributed by atoms with Crippen LogP contribution in [0.3, 0.4) is 0 Å². The van der Waals surface area contributed by atoms with E-state index in [1.165, 1.54) is 18.0 Å². The number of hydrogen-bond acceptors (Lipinski definition) is 6. The molecule has 1 aromatic carbocycles. The van der Waals surface area contributed by atoms with Gasteiger partial charge in [0.15, 0.2) is 0 Å². The van der Waals surface area contributed by atoms with E-state index in [0.29, 0.717) is 10.4 Å². The van der Waals surface area contributed by atoms with Crippen LogP contribution in [0.1, 0.15) is 32.5 Å². The Hall–Kier alpha value is -2.94. The number of esters is 1. The molecule has 0 saturated carbocycles. The van der Waals surface area contributed by atoms with Crippen LogP contribution in [-0.2, 0) is 9.53 Å². The number of thiophene rings is 1. The van der Waals surface area contributed by atoms with Crippen molar-refractivity contribution in [3.05, 3.63) is 46.1 Å². The Bertz CT molecular complexity index is 897. The zero-order valence-electron chi connectivity index (χ0n) is 16.1. The minimum atomic E-state index is -0.621. The third kappa shape index (κ3) is 4.66. The molecule has 0 aliphatic heterocycles.